The fourth-order valence-electron chi connectivity index (χ4n) is 1.12. The molecule has 1 aromatic carbocycles. The third kappa shape index (κ3) is 3.23. The molecular weight excluding hydrogens is 226 g/mol. The van der Waals surface area contributed by atoms with Crippen LogP contribution in [-0.4, -0.2) is 17.5 Å². The number of carbonyl (C=O) groups excluding carboxylic acids is 1. The minimum Gasteiger partial charge on any atom is -0.346 e. The summed E-state index contributed by atoms with van der Waals surface area (Å²) in [5.41, 5.74) is 5.15. The zero-order chi connectivity index (χ0) is 13.2. The van der Waals surface area contributed by atoms with Gasteiger partial charge < -0.3 is 11.1 Å². The summed E-state index contributed by atoms with van der Waals surface area (Å²) in [7, 11) is 0. The van der Waals surface area contributed by atoms with Crippen molar-refractivity contribution < 1.29 is 13.6 Å². The van der Waals surface area contributed by atoms with Gasteiger partial charge in [0.05, 0.1) is 0 Å². The van der Waals surface area contributed by atoms with E-state index >= 15 is 0 Å². The number of nitrogens with two attached hydrogens (primary N) is 1. The van der Waals surface area contributed by atoms with Gasteiger partial charge in [-0.3, -0.25) is 4.79 Å². The molecule has 0 aliphatic carbocycles. The van der Waals surface area contributed by atoms with E-state index in [1.54, 1.807) is 20.8 Å². The van der Waals surface area contributed by atoms with Crippen LogP contribution in [0.4, 0.5) is 8.78 Å². The molecule has 5 heteroatoms. The lowest BCUT2D eigenvalue weighted by molar-refractivity contribution is 0.0903. The Morgan fingerprint density at radius 2 is 1.94 bits per heavy atom. The highest BCUT2D eigenvalue weighted by molar-refractivity contribution is 5.94. The first kappa shape index (κ1) is 13.6. The zero-order valence-electron chi connectivity index (χ0n) is 10.1. The molecule has 0 fully saturated rings. The molecule has 3 N–H and O–H groups in total. The van der Waals surface area contributed by atoms with E-state index < -0.39 is 23.1 Å². The normalized spacial score (nSPS) is 13.3. The third-order valence-electron chi connectivity index (χ3n) is 2.76. The van der Waals surface area contributed by atoms with Crippen LogP contribution in [0.1, 0.15) is 31.1 Å². The Kier molecular flexibility index (Phi) is 3.83. The average Bonchev–Trinajstić information content (AvgIpc) is 2.21. The Hall–Kier alpha value is -1.49. The smallest absolute Gasteiger partial charge is 0.251 e. The Labute approximate surface area is 99.0 Å². The monoisotopic (exact) mass is 242 g/mol. The highest BCUT2D eigenvalue weighted by Gasteiger charge is 2.25. The summed E-state index contributed by atoms with van der Waals surface area (Å²) in [4.78, 5) is 11.8. The van der Waals surface area contributed by atoms with Crippen molar-refractivity contribution in [1.29, 1.82) is 0 Å². The summed E-state index contributed by atoms with van der Waals surface area (Å²) in [6.07, 6.45) is 0. The summed E-state index contributed by atoms with van der Waals surface area (Å²) in [6, 6.07) is 2.74. The lowest BCUT2D eigenvalue weighted by Gasteiger charge is -2.30. The van der Waals surface area contributed by atoms with Crippen molar-refractivity contribution >= 4 is 5.91 Å². The molecule has 0 radical (unpaired) electrons. The van der Waals surface area contributed by atoms with Gasteiger partial charge >= 0.3 is 0 Å². The van der Waals surface area contributed by atoms with Crippen molar-refractivity contribution in [3.63, 3.8) is 0 Å². The Morgan fingerprint density at radius 1 is 1.35 bits per heavy atom. The first-order valence-corrected chi connectivity index (χ1v) is 5.27. The van der Waals surface area contributed by atoms with Gasteiger partial charge in [0.15, 0.2) is 11.6 Å². The lowest BCUT2D eigenvalue weighted by Crippen LogP contribution is -2.54. The second-order valence-electron chi connectivity index (χ2n) is 4.59. The van der Waals surface area contributed by atoms with Crippen molar-refractivity contribution in [2.45, 2.75) is 32.4 Å². The topological polar surface area (TPSA) is 55.1 Å². The van der Waals surface area contributed by atoms with Gasteiger partial charge in [-0.05, 0) is 39.0 Å². The molecule has 1 unspecified atom stereocenters. The molecule has 0 spiro atoms. The molecule has 0 saturated heterocycles. The maximum Gasteiger partial charge on any atom is 0.251 e. The summed E-state index contributed by atoms with van der Waals surface area (Å²) in [6.45, 7) is 5.27. The molecule has 0 bridgehead atoms. The van der Waals surface area contributed by atoms with Crippen LogP contribution < -0.4 is 11.1 Å². The van der Waals surface area contributed by atoms with E-state index in [0.717, 1.165) is 12.1 Å². The Bertz CT molecular complexity index is 431. The predicted octanol–water partition coefficient (Wildman–Crippen LogP) is 1.82. The average molecular weight is 242 g/mol. The van der Waals surface area contributed by atoms with Crippen molar-refractivity contribution in [2.24, 2.45) is 5.73 Å². The van der Waals surface area contributed by atoms with E-state index in [0.29, 0.717) is 0 Å². The van der Waals surface area contributed by atoms with Crippen LogP contribution in [-0.2, 0) is 0 Å². The van der Waals surface area contributed by atoms with Crippen LogP contribution >= 0.6 is 0 Å². The minimum atomic E-state index is -1.05. The van der Waals surface area contributed by atoms with Crippen molar-refractivity contribution in [2.75, 3.05) is 0 Å². The fourth-order valence-corrected chi connectivity index (χ4v) is 1.12. The maximum atomic E-state index is 13.0. The first-order chi connectivity index (χ1) is 7.74. The van der Waals surface area contributed by atoms with Crippen LogP contribution in [0.5, 0.6) is 0 Å². The number of carbonyl (C=O) groups is 1. The molecule has 0 aliphatic heterocycles. The number of nitrogens with one attached hydrogen (secondary N) is 1. The number of benzene rings is 1. The van der Waals surface area contributed by atoms with E-state index in [2.05, 4.69) is 5.32 Å². The molecule has 17 heavy (non-hydrogen) atoms. The largest absolute Gasteiger partial charge is 0.346 e. The van der Waals surface area contributed by atoms with E-state index in [1.165, 1.54) is 6.07 Å². The molecule has 3 nitrogen and oxygen atoms in total. The van der Waals surface area contributed by atoms with E-state index in [1.807, 2.05) is 0 Å². The number of amides is 1. The van der Waals surface area contributed by atoms with Gasteiger partial charge in [0.25, 0.3) is 5.91 Å². The predicted molar refractivity (Wildman–Crippen MR) is 61.6 cm³/mol. The van der Waals surface area contributed by atoms with Gasteiger partial charge in [-0.1, -0.05) is 0 Å². The Morgan fingerprint density at radius 3 is 2.41 bits per heavy atom. The van der Waals surface area contributed by atoms with E-state index in [9.17, 15) is 13.6 Å². The van der Waals surface area contributed by atoms with Gasteiger partial charge in [0.2, 0.25) is 0 Å². The standard InChI is InChI=1S/C12H16F2N2O/c1-7(15)12(2,3)16-11(17)8-4-5-9(13)10(14)6-8/h4-7H,15H2,1-3H3,(H,16,17). The van der Waals surface area contributed by atoms with Crippen LogP contribution in [0.25, 0.3) is 0 Å². The number of hydrogen-bond acceptors (Lipinski definition) is 2. The number of rotatable bonds is 3. The van der Waals surface area contributed by atoms with Crippen LogP contribution in [0.3, 0.4) is 0 Å². The SMILES string of the molecule is CC(N)C(C)(C)NC(=O)c1ccc(F)c(F)c1. The molecule has 0 heterocycles. The summed E-state index contributed by atoms with van der Waals surface area (Å²) in [5, 5.41) is 2.67. The van der Waals surface area contributed by atoms with Gasteiger partial charge in [-0.25, -0.2) is 8.78 Å². The second-order valence-corrected chi connectivity index (χ2v) is 4.59. The number of halogens is 2. The molecule has 0 saturated carbocycles. The van der Waals surface area contributed by atoms with Crippen molar-refractivity contribution in [3.05, 3.63) is 35.4 Å². The molecule has 1 aromatic rings. The van der Waals surface area contributed by atoms with E-state index in [4.69, 9.17) is 5.73 Å². The third-order valence-corrected chi connectivity index (χ3v) is 2.76. The molecule has 0 aliphatic rings. The molecular formula is C12H16F2N2O. The highest BCUT2D eigenvalue weighted by atomic mass is 19.2. The lowest BCUT2D eigenvalue weighted by atomic mass is 9.96. The fraction of sp³-hybridized carbons (Fsp3) is 0.417. The molecule has 1 amide bonds. The van der Waals surface area contributed by atoms with Crippen molar-refractivity contribution in [1.82, 2.24) is 5.32 Å². The maximum absolute atomic E-state index is 13.0. The van der Waals surface area contributed by atoms with Gasteiger partial charge in [0.1, 0.15) is 0 Å². The quantitative estimate of drug-likeness (QED) is 0.849. The Balaban J connectivity index is 2.87. The van der Waals surface area contributed by atoms with Gasteiger partial charge in [-0.15, -0.1) is 0 Å². The molecule has 0 aromatic heterocycles. The molecule has 1 atom stereocenters. The first-order valence-electron chi connectivity index (χ1n) is 5.27. The minimum absolute atomic E-state index is 0.0672. The van der Waals surface area contributed by atoms with Crippen molar-refractivity contribution in [3.8, 4) is 0 Å². The number of hydrogen-bond donors (Lipinski definition) is 2. The summed E-state index contributed by atoms with van der Waals surface area (Å²) in [5.74, 6) is -2.50. The van der Waals surface area contributed by atoms with Crippen LogP contribution in [0.15, 0.2) is 18.2 Å². The zero-order valence-corrected chi connectivity index (χ0v) is 10.1. The highest BCUT2D eigenvalue weighted by Crippen LogP contribution is 2.12. The summed E-state index contributed by atoms with van der Waals surface area (Å²) >= 11 is 0. The summed E-state index contributed by atoms with van der Waals surface area (Å²) < 4.78 is 25.7. The van der Waals surface area contributed by atoms with Crippen LogP contribution in [0.2, 0.25) is 0 Å². The van der Waals surface area contributed by atoms with Gasteiger partial charge in [-0.2, -0.15) is 0 Å². The van der Waals surface area contributed by atoms with Crippen LogP contribution in [0, 0.1) is 11.6 Å². The van der Waals surface area contributed by atoms with E-state index in [-0.39, 0.29) is 11.6 Å². The molecule has 94 valence electrons. The molecule has 1 rings (SSSR count). The van der Waals surface area contributed by atoms with Gasteiger partial charge in [0, 0.05) is 17.1 Å². The second kappa shape index (κ2) is 4.79.